The largest absolute Gasteiger partial charge is 0.389 e. The summed E-state index contributed by atoms with van der Waals surface area (Å²) in [6.07, 6.45) is -0.447. The summed E-state index contributed by atoms with van der Waals surface area (Å²) in [7, 11) is 0. The first-order valence-electron chi connectivity index (χ1n) is 7.27. The van der Waals surface area contributed by atoms with Gasteiger partial charge in [0.2, 0.25) is 0 Å². The van der Waals surface area contributed by atoms with Crippen molar-refractivity contribution in [3.63, 3.8) is 0 Å². The second kappa shape index (κ2) is 7.10. The van der Waals surface area contributed by atoms with Gasteiger partial charge in [-0.2, -0.15) is 0 Å². The fraction of sp³-hybridized carbons (Fsp3) is 0.333. The Bertz CT molecular complexity index is 581. The summed E-state index contributed by atoms with van der Waals surface area (Å²) in [6, 6.07) is 16.9. The average Bonchev–Trinajstić information content (AvgIpc) is 2.46. The van der Waals surface area contributed by atoms with Crippen molar-refractivity contribution in [1.82, 2.24) is 0 Å². The molecule has 2 aromatic carbocycles. The number of rotatable bonds is 5. The number of hydrogen-bond donors (Lipinski definition) is 1. The molecular weight excluding hydrogens is 326 g/mol. The zero-order valence-corrected chi connectivity index (χ0v) is 14.3. The summed E-state index contributed by atoms with van der Waals surface area (Å²) >= 11 is 3.64. The van der Waals surface area contributed by atoms with Crippen molar-refractivity contribution in [3.05, 3.63) is 64.1 Å². The molecule has 112 valence electrons. The summed E-state index contributed by atoms with van der Waals surface area (Å²) in [4.78, 5) is 2.35. The molecule has 1 unspecified atom stereocenters. The highest BCUT2D eigenvalue weighted by Crippen LogP contribution is 2.31. The number of aliphatic hydroxyl groups is 1. The van der Waals surface area contributed by atoms with Crippen molar-refractivity contribution in [1.29, 1.82) is 0 Å². The molecule has 0 aliphatic rings. The van der Waals surface area contributed by atoms with Crippen LogP contribution in [0.1, 0.15) is 38.0 Å². The highest BCUT2D eigenvalue weighted by molar-refractivity contribution is 9.10. The van der Waals surface area contributed by atoms with Gasteiger partial charge >= 0.3 is 0 Å². The van der Waals surface area contributed by atoms with Crippen LogP contribution in [0.2, 0.25) is 0 Å². The smallest absolute Gasteiger partial charge is 0.0762 e. The van der Waals surface area contributed by atoms with E-state index in [1.54, 1.807) is 6.92 Å². The SMILES string of the molecule is CC(O)c1ccc(N(Cc2ccccc2)C(C)C)c(Br)c1. The molecule has 0 bridgehead atoms. The summed E-state index contributed by atoms with van der Waals surface area (Å²) in [6.45, 7) is 7.03. The molecule has 0 radical (unpaired) electrons. The third-order valence-corrected chi connectivity index (χ3v) is 4.22. The first-order chi connectivity index (χ1) is 9.99. The fourth-order valence-electron chi connectivity index (χ4n) is 2.34. The van der Waals surface area contributed by atoms with Gasteiger partial charge in [0.25, 0.3) is 0 Å². The molecule has 1 N–H and O–H groups in total. The summed E-state index contributed by atoms with van der Waals surface area (Å²) in [5.74, 6) is 0. The molecule has 0 aromatic heterocycles. The van der Waals surface area contributed by atoms with Gasteiger partial charge in [-0.3, -0.25) is 0 Å². The number of aliphatic hydroxyl groups excluding tert-OH is 1. The van der Waals surface area contributed by atoms with Crippen LogP contribution in [-0.2, 0) is 6.54 Å². The molecule has 0 amide bonds. The van der Waals surface area contributed by atoms with Crippen LogP contribution in [-0.4, -0.2) is 11.1 Å². The third kappa shape index (κ3) is 4.08. The minimum Gasteiger partial charge on any atom is -0.389 e. The molecule has 0 aliphatic carbocycles. The van der Waals surface area contributed by atoms with Crippen molar-refractivity contribution < 1.29 is 5.11 Å². The Morgan fingerprint density at radius 3 is 2.24 bits per heavy atom. The third-order valence-electron chi connectivity index (χ3n) is 3.58. The molecule has 2 nitrogen and oxygen atoms in total. The molecule has 2 aromatic rings. The summed E-state index contributed by atoms with van der Waals surface area (Å²) < 4.78 is 1.02. The lowest BCUT2D eigenvalue weighted by Gasteiger charge is -2.30. The van der Waals surface area contributed by atoms with E-state index in [0.717, 1.165) is 22.3 Å². The van der Waals surface area contributed by atoms with Crippen LogP contribution in [0.5, 0.6) is 0 Å². The lowest BCUT2D eigenvalue weighted by molar-refractivity contribution is 0.199. The zero-order chi connectivity index (χ0) is 15.4. The summed E-state index contributed by atoms with van der Waals surface area (Å²) in [5.41, 5.74) is 3.37. The van der Waals surface area contributed by atoms with Crippen LogP contribution in [0, 0.1) is 0 Å². The van der Waals surface area contributed by atoms with E-state index < -0.39 is 6.10 Å². The first-order valence-corrected chi connectivity index (χ1v) is 8.06. The number of hydrogen-bond acceptors (Lipinski definition) is 2. The van der Waals surface area contributed by atoms with Gasteiger partial charge in [0.15, 0.2) is 0 Å². The molecule has 0 heterocycles. The van der Waals surface area contributed by atoms with E-state index in [2.05, 4.69) is 65.0 Å². The van der Waals surface area contributed by atoms with E-state index in [4.69, 9.17) is 0 Å². The van der Waals surface area contributed by atoms with Crippen LogP contribution in [0.4, 0.5) is 5.69 Å². The normalized spacial score (nSPS) is 12.5. The first kappa shape index (κ1) is 16.1. The Hall–Kier alpha value is -1.32. The van der Waals surface area contributed by atoms with Gasteiger partial charge in [-0.15, -0.1) is 0 Å². The molecule has 0 fully saturated rings. The lowest BCUT2D eigenvalue weighted by atomic mass is 10.1. The van der Waals surface area contributed by atoms with Gasteiger partial charge in [-0.25, -0.2) is 0 Å². The monoisotopic (exact) mass is 347 g/mol. The van der Waals surface area contributed by atoms with Gasteiger partial charge < -0.3 is 10.0 Å². The molecule has 3 heteroatoms. The zero-order valence-electron chi connectivity index (χ0n) is 12.8. The second-order valence-electron chi connectivity index (χ2n) is 5.59. The number of nitrogens with zero attached hydrogens (tertiary/aromatic N) is 1. The molecular formula is C18H22BrNO. The quantitative estimate of drug-likeness (QED) is 0.829. The van der Waals surface area contributed by atoms with E-state index in [-0.39, 0.29) is 0 Å². The van der Waals surface area contributed by atoms with Gasteiger partial charge in [-0.1, -0.05) is 36.4 Å². The number of benzene rings is 2. The molecule has 0 saturated heterocycles. The predicted molar refractivity (Wildman–Crippen MR) is 92.5 cm³/mol. The van der Waals surface area contributed by atoms with Crippen LogP contribution >= 0.6 is 15.9 Å². The Labute approximate surface area is 135 Å². The predicted octanol–water partition coefficient (Wildman–Crippen LogP) is 4.92. The lowest BCUT2D eigenvalue weighted by Crippen LogP contribution is -2.30. The summed E-state index contributed by atoms with van der Waals surface area (Å²) in [5, 5.41) is 9.69. The maximum Gasteiger partial charge on any atom is 0.0762 e. The average molecular weight is 348 g/mol. The van der Waals surface area contributed by atoms with Crippen LogP contribution < -0.4 is 4.90 Å². The van der Waals surface area contributed by atoms with Crippen LogP contribution in [0.15, 0.2) is 53.0 Å². The molecule has 21 heavy (non-hydrogen) atoms. The fourth-order valence-corrected chi connectivity index (χ4v) is 2.97. The van der Waals surface area contributed by atoms with Gasteiger partial charge in [0, 0.05) is 17.1 Å². The van der Waals surface area contributed by atoms with E-state index >= 15 is 0 Å². The van der Waals surface area contributed by atoms with Gasteiger partial charge in [-0.05, 0) is 60.0 Å². The Kier molecular flexibility index (Phi) is 5.43. The van der Waals surface area contributed by atoms with Gasteiger partial charge in [0.05, 0.1) is 11.8 Å². The van der Waals surface area contributed by atoms with Crippen molar-refractivity contribution in [2.24, 2.45) is 0 Å². The Morgan fingerprint density at radius 1 is 1.05 bits per heavy atom. The highest BCUT2D eigenvalue weighted by Gasteiger charge is 2.15. The molecule has 2 rings (SSSR count). The molecule has 0 aliphatic heterocycles. The van der Waals surface area contributed by atoms with E-state index in [1.165, 1.54) is 5.56 Å². The van der Waals surface area contributed by atoms with Crippen molar-refractivity contribution >= 4 is 21.6 Å². The van der Waals surface area contributed by atoms with Crippen molar-refractivity contribution in [3.8, 4) is 0 Å². The minimum atomic E-state index is -0.447. The number of halogens is 1. The second-order valence-corrected chi connectivity index (χ2v) is 6.45. The maximum atomic E-state index is 9.69. The van der Waals surface area contributed by atoms with E-state index in [1.807, 2.05) is 18.2 Å². The Balaban J connectivity index is 2.30. The molecule has 1 atom stereocenters. The Morgan fingerprint density at radius 2 is 1.71 bits per heavy atom. The van der Waals surface area contributed by atoms with E-state index in [9.17, 15) is 5.11 Å². The van der Waals surface area contributed by atoms with E-state index in [0.29, 0.717) is 6.04 Å². The maximum absolute atomic E-state index is 9.69. The van der Waals surface area contributed by atoms with Gasteiger partial charge in [0.1, 0.15) is 0 Å². The highest BCUT2D eigenvalue weighted by atomic mass is 79.9. The molecule has 0 spiro atoms. The minimum absolute atomic E-state index is 0.388. The number of anilines is 1. The standard InChI is InChI=1S/C18H22BrNO/c1-13(2)20(12-15-7-5-4-6-8-15)18-10-9-16(14(3)21)11-17(18)19/h4-11,13-14,21H,12H2,1-3H3. The van der Waals surface area contributed by atoms with Crippen molar-refractivity contribution in [2.75, 3.05) is 4.90 Å². The molecule has 0 saturated carbocycles. The van der Waals surface area contributed by atoms with Crippen molar-refractivity contribution in [2.45, 2.75) is 39.5 Å². The van der Waals surface area contributed by atoms with Crippen LogP contribution in [0.3, 0.4) is 0 Å². The van der Waals surface area contributed by atoms with Crippen LogP contribution in [0.25, 0.3) is 0 Å². The topological polar surface area (TPSA) is 23.5 Å².